The standard InChI is InChI=1S/C14H20FNO/c1-3-13(11-4-6-12(15)7-5-11)16-8-14(2)9-17-10-14/h4-7,13,16H,3,8-10H2,1-2H3. The first-order valence-electron chi connectivity index (χ1n) is 6.19. The molecule has 1 heterocycles. The number of nitrogens with one attached hydrogen (secondary N) is 1. The maximum absolute atomic E-state index is 12.9. The molecule has 1 fully saturated rings. The molecule has 1 aromatic rings. The Bertz CT molecular complexity index is 359. The van der Waals surface area contributed by atoms with E-state index in [0.717, 1.165) is 31.7 Å². The van der Waals surface area contributed by atoms with E-state index in [2.05, 4.69) is 19.2 Å². The summed E-state index contributed by atoms with van der Waals surface area (Å²) >= 11 is 0. The Balaban J connectivity index is 1.94. The number of halogens is 1. The van der Waals surface area contributed by atoms with Crippen molar-refractivity contribution in [1.82, 2.24) is 5.32 Å². The third kappa shape index (κ3) is 3.05. The van der Waals surface area contributed by atoms with Crippen molar-refractivity contribution in [2.45, 2.75) is 26.3 Å². The summed E-state index contributed by atoms with van der Waals surface area (Å²) in [6.45, 7) is 6.98. The van der Waals surface area contributed by atoms with Crippen molar-refractivity contribution in [3.05, 3.63) is 35.6 Å². The van der Waals surface area contributed by atoms with E-state index < -0.39 is 0 Å². The predicted octanol–water partition coefficient (Wildman–Crippen LogP) is 2.90. The molecule has 2 nitrogen and oxygen atoms in total. The Kier molecular flexibility index (Phi) is 3.79. The lowest BCUT2D eigenvalue weighted by Crippen LogP contribution is -2.47. The average Bonchev–Trinajstić information content (AvgIpc) is 2.30. The quantitative estimate of drug-likeness (QED) is 0.850. The summed E-state index contributed by atoms with van der Waals surface area (Å²) < 4.78 is 18.1. The highest BCUT2D eigenvalue weighted by atomic mass is 19.1. The number of ether oxygens (including phenoxy) is 1. The molecule has 0 bridgehead atoms. The molecule has 0 aromatic heterocycles. The average molecular weight is 237 g/mol. The molecular weight excluding hydrogens is 217 g/mol. The van der Waals surface area contributed by atoms with Gasteiger partial charge in [-0.3, -0.25) is 0 Å². The molecule has 17 heavy (non-hydrogen) atoms. The van der Waals surface area contributed by atoms with Gasteiger partial charge in [0.15, 0.2) is 0 Å². The zero-order valence-electron chi connectivity index (χ0n) is 10.5. The SMILES string of the molecule is CCC(NCC1(C)COC1)c1ccc(F)cc1. The first-order chi connectivity index (χ1) is 8.13. The molecule has 3 heteroatoms. The van der Waals surface area contributed by atoms with Gasteiger partial charge >= 0.3 is 0 Å². The van der Waals surface area contributed by atoms with Crippen LogP contribution in [0.5, 0.6) is 0 Å². The summed E-state index contributed by atoms with van der Waals surface area (Å²) in [6.07, 6.45) is 1.00. The third-order valence-electron chi connectivity index (χ3n) is 3.36. The van der Waals surface area contributed by atoms with E-state index in [0.29, 0.717) is 6.04 Å². The number of hydrogen-bond donors (Lipinski definition) is 1. The first-order valence-corrected chi connectivity index (χ1v) is 6.19. The Morgan fingerprint density at radius 1 is 1.35 bits per heavy atom. The maximum Gasteiger partial charge on any atom is 0.123 e. The molecule has 0 amide bonds. The van der Waals surface area contributed by atoms with Crippen LogP contribution in [0.2, 0.25) is 0 Å². The van der Waals surface area contributed by atoms with Gasteiger partial charge < -0.3 is 10.1 Å². The van der Waals surface area contributed by atoms with Gasteiger partial charge in [-0.25, -0.2) is 4.39 Å². The van der Waals surface area contributed by atoms with Crippen LogP contribution in [0, 0.1) is 11.2 Å². The van der Waals surface area contributed by atoms with Crippen LogP contribution in [-0.4, -0.2) is 19.8 Å². The highest BCUT2D eigenvalue weighted by molar-refractivity contribution is 5.19. The zero-order valence-corrected chi connectivity index (χ0v) is 10.5. The molecule has 1 unspecified atom stereocenters. The Morgan fingerprint density at radius 2 is 2.00 bits per heavy atom. The van der Waals surface area contributed by atoms with Crippen molar-refractivity contribution in [1.29, 1.82) is 0 Å². The molecule has 0 radical (unpaired) electrons. The largest absolute Gasteiger partial charge is 0.380 e. The van der Waals surface area contributed by atoms with Crippen LogP contribution in [0.4, 0.5) is 4.39 Å². The molecule has 1 saturated heterocycles. The second-order valence-electron chi connectivity index (χ2n) is 5.20. The third-order valence-corrected chi connectivity index (χ3v) is 3.36. The van der Waals surface area contributed by atoms with Crippen molar-refractivity contribution < 1.29 is 9.13 Å². The van der Waals surface area contributed by atoms with Gasteiger partial charge in [0.1, 0.15) is 5.82 Å². The summed E-state index contributed by atoms with van der Waals surface area (Å²) in [4.78, 5) is 0. The lowest BCUT2D eigenvalue weighted by Gasteiger charge is -2.39. The van der Waals surface area contributed by atoms with E-state index in [1.165, 1.54) is 12.1 Å². The van der Waals surface area contributed by atoms with E-state index in [1.807, 2.05) is 12.1 Å². The van der Waals surface area contributed by atoms with Gasteiger partial charge in [-0.05, 0) is 24.1 Å². The van der Waals surface area contributed by atoms with Crippen molar-refractivity contribution in [2.24, 2.45) is 5.41 Å². The minimum atomic E-state index is -0.178. The minimum absolute atomic E-state index is 0.178. The predicted molar refractivity (Wildman–Crippen MR) is 66.4 cm³/mol. The van der Waals surface area contributed by atoms with Crippen molar-refractivity contribution >= 4 is 0 Å². The van der Waals surface area contributed by atoms with Crippen molar-refractivity contribution in [3.8, 4) is 0 Å². The minimum Gasteiger partial charge on any atom is -0.380 e. The monoisotopic (exact) mass is 237 g/mol. The lowest BCUT2D eigenvalue weighted by atomic mass is 9.88. The summed E-state index contributed by atoms with van der Waals surface area (Å²) in [6, 6.07) is 7.06. The normalized spacial score (nSPS) is 19.7. The van der Waals surface area contributed by atoms with E-state index in [9.17, 15) is 4.39 Å². The summed E-state index contributed by atoms with van der Waals surface area (Å²) in [5.41, 5.74) is 1.42. The summed E-state index contributed by atoms with van der Waals surface area (Å²) in [5, 5.41) is 3.55. The Labute approximate surface area is 102 Å². The van der Waals surface area contributed by atoms with Crippen LogP contribution in [0.1, 0.15) is 31.9 Å². The van der Waals surface area contributed by atoms with Crippen LogP contribution in [0.15, 0.2) is 24.3 Å². The molecule has 94 valence electrons. The topological polar surface area (TPSA) is 21.3 Å². The van der Waals surface area contributed by atoms with Crippen molar-refractivity contribution in [2.75, 3.05) is 19.8 Å². The van der Waals surface area contributed by atoms with Crippen LogP contribution >= 0.6 is 0 Å². The summed E-state index contributed by atoms with van der Waals surface area (Å²) in [5.74, 6) is -0.178. The first kappa shape index (κ1) is 12.5. The molecule has 0 aliphatic carbocycles. The second-order valence-corrected chi connectivity index (χ2v) is 5.20. The van der Waals surface area contributed by atoms with Crippen LogP contribution in [0.3, 0.4) is 0 Å². The van der Waals surface area contributed by atoms with E-state index >= 15 is 0 Å². The van der Waals surface area contributed by atoms with Gasteiger partial charge in [-0.2, -0.15) is 0 Å². The molecule has 1 aliphatic heterocycles. The number of rotatable bonds is 5. The molecule has 1 N–H and O–H groups in total. The fraction of sp³-hybridized carbons (Fsp3) is 0.571. The highest BCUT2D eigenvalue weighted by Crippen LogP contribution is 2.27. The summed E-state index contributed by atoms with van der Waals surface area (Å²) in [7, 11) is 0. The fourth-order valence-corrected chi connectivity index (χ4v) is 2.12. The molecule has 0 saturated carbocycles. The van der Waals surface area contributed by atoms with Gasteiger partial charge in [-0.15, -0.1) is 0 Å². The molecule has 1 aromatic carbocycles. The molecule has 2 rings (SSSR count). The van der Waals surface area contributed by atoms with Crippen LogP contribution in [-0.2, 0) is 4.74 Å². The Morgan fingerprint density at radius 3 is 2.47 bits per heavy atom. The highest BCUT2D eigenvalue weighted by Gasteiger charge is 2.33. The van der Waals surface area contributed by atoms with Gasteiger partial charge in [0.25, 0.3) is 0 Å². The molecular formula is C14H20FNO. The number of benzene rings is 1. The van der Waals surface area contributed by atoms with E-state index in [-0.39, 0.29) is 11.2 Å². The molecule has 1 aliphatic rings. The van der Waals surface area contributed by atoms with Crippen LogP contribution < -0.4 is 5.32 Å². The van der Waals surface area contributed by atoms with E-state index in [4.69, 9.17) is 4.74 Å². The fourth-order valence-electron chi connectivity index (χ4n) is 2.12. The zero-order chi connectivity index (χ0) is 12.3. The maximum atomic E-state index is 12.9. The van der Waals surface area contributed by atoms with Crippen LogP contribution in [0.25, 0.3) is 0 Å². The molecule has 0 spiro atoms. The smallest absolute Gasteiger partial charge is 0.123 e. The van der Waals surface area contributed by atoms with Gasteiger partial charge in [0.05, 0.1) is 13.2 Å². The Hall–Kier alpha value is -0.930. The second kappa shape index (κ2) is 5.15. The van der Waals surface area contributed by atoms with E-state index in [1.54, 1.807) is 0 Å². The molecule has 1 atom stereocenters. The van der Waals surface area contributed by atoms with Gasteiger partial charge in [0, 0.05) is 18.0 Å². The lowest BCUT2D eigenvalue weighted by molar-refractivity contribution is -0.100. The van der Waals surface area contributed by atoms with Crippen molar-refractivity contribution in [3.63, 3.8) is 0 Å². The number of hydrogen-bond acceptors (Lipinski definition) is 2. The van der Waals surface area contributed by atoms with Gasteiger partial charge in [-0.1, -0.05) is 26.0 Å². The van der Waals surface area contributed by atoms with Gasteiger partial charge in [0.2, 0.25) is 0 Å².